The van der Waals surface area contributed by atoms with Crippen LogP contribution in [0.5, 0.6) is 5.75 Å². The van der Waals surface area contributed by atoms with Gasteiger partial charge in [0.1, 0.15) is 29.6 Å². The lowest BCUT2D eigenvalue weighted by Crippen LogP contribution is -2.45. The molecule has 0 atom stereocenters. The highest BCUT2D eigenvalue weighted by atomic mass is 19.1. The lowest BCUT2D eigenvalue weighted by molar-refractivity contribution is 0.0718. The molecule has 2 aliphatic heterocycles. The molecule has 0 fully saturated rings. The second kappa shape index (κ2) is 8.91. The van der Waals surface area contributed by atoms with E-state index in [0.717, 1.165) is 11.6 Å². The van der Waals surface area contributed by atoms with Gasteiger partial charge in [0, 0.05) is 37.1 Å². The zero-order chi connectivity index (χ0) is 25.6. The van der Waals surface area contributed by atoms with Gasteiger partial charge in [0.05, 0.1) is 17.9 Å². The molecule has 2 aliphatic rings. The van der Waals surface area contributed by atoms with Gasteiger partial charge in [-0.05, 0) is 24.6 Å². The van der Waals surface area contributed by atoms with Crippen molar-refractivity contribution in [2.45, 2.75) is 26.6 Å². The van der Waals surface area contributed by atoms with Crippen molar-refractivity contribution in [2.75, 3.05) is 6.54 Å². The fourth-order valence-corrected chi connectivity index (χ4v) is 4.35. The predicted molar refractivity (Wildman–Crippen MR) is 123 cm³/mol. The lowest BCUT2D eigenvalue weighted by Gasteiger charge is -2.37. The highest BCUT2D eigenvalue weighted by Gasteiger charge is 2.39. The van der Waals surface area contributed by atoms with Crippen LogP contribution in [0.4, 0.5) is 8.78 Å². The Morgan fingerprint density at radius 1 is 1.25 bits per heavy atom. The Bertz CT molecular complexity index is 1500. The Balaban J connectivity index is 1.54. The second-order valence-electron chi connectivity index (χ2n) is 8.42. The quantitative estimate of drug-likeness (QED) is 0.564. The molecule has 2 N–H and O–H groups in total. The Morgan fingerprint density at radius 2 is 2.06 bits per heavy atom. The van der Waals surface area contributed by atoms with Gasteiger partial charge in [-0.15, -0.1) is 0 Å². The molecular formula is C25H20F2N4O5. The molecule has 0 saturated carbocycles. The first-order chi connectivity index (χ1) is 17.3. The summed E-state index contributed by atoms with van der Waals surface area (Å²) in [6.07, 6.45) is 3.21. The number of pyridine rings is 2. The maximum atomic E-state index is 14.0. The maximum absolute atomic E-state index is 14.0. The Kier molecular flexibility index (Phi) is 5.75. The minimum Gasteiger partial charge on any atom is -0.503 e. The first kappa shape index (κ1) is 23.2. The highest BCUT2D eigenvalue weighted by molar-refractivity contribution is 6.02. The third-order valence-corrected chi connectivity index (χ3v) is 6.16. The third kappa shape index (κ3) is 3.88. The molecule has 0 aliphatic carbocycles. The van der Waals surface area contributed by atoms with Gasteiger partial charge in [-0.25, -0.2) is 8.78 Å². The maximum Gasteiger partial charge on any atom is 0.275 e. The van der Waals surface area contributed by atoms with Crippen LogP contribution in [-0.2, 0) is 24.4 Å². The molecule has 1 aromatic carbocycles. The minimum absolute atomic E-state index is 0.00887. The normalized spacial score (nSPS) is 14.4. The van der Waals surface area contributed by atoms with E-state index in [2.05, 4.69) is 10.3 Å². The van der Waals surface area contributed by atoms with Crippen LogP contribution in [0.25, 0.3) is 5.70 Å². The number of allylic oxidation sites excluding steroid dienone is 1. The molecule has 36 heavy (non-hydrogen) atoms. The topological polar surface area (TPSA) is 114 Å². The Hall–Kier alpha value is -4.54. The number of benzene rings is 1. The number of rotatable bonds is 5. The molecule has 0 spiro atoms. The van der Waals surface area contributed by atoms with E-state index in [9.17, 15) is 28.3 Å². The first-order valence-corrected chi connectivity index (χ1v) is 11.0. The minimum atomic E-state index is -1.05. The number of aromatic hydroxyl groups is 1. The summed E-state index contributed by atoms with van der Waals surface area (Å²) < 4.78 is 34.3. The van der Waals surface area contributed by atoms with Gasteiger partial charge in [-0.2, -0.15) is 0 Å². The van der Waals surface area contributed by atoms with E-state index in [1.54, 1.807) is 31.5 Å². The van der Waals surface area contributed by atoms with Crippen LogP contribution in [0.15, 0.2) is 53.3 Å². The molecule has 2 aromatic heterocycles. The number of halogens is 2. The van der Waals surface area contributed by atoms with E-state index in [4.69, 9.17) is 4.74 Å². The number of hydrogen-bond acceptors (Lipinski definition) is 6. The summed E-state index contributed by atoms with van der Waals surface area (Å²) >= 11 is 0. The molecule has 0 saturated heterocycles. The van der Waals surface area contributed by atoms with Crippen molar-refractivity contribution in [3.8, 4) is 5.75 Å². The van der Waals surface area contributed by atoms with Gasteiger partial charge in [0.15, 0.2) is 11.4 Å². The van der Waals surface area contributed by atoms with Crippen molar-refractivity contribution in [2.24, 2.45) is 0 Å². The summed E-state index contributed by atoms with van der Waals surface area (Å²) in [6, 6.07) is 6.43. The SMILES string of the molecule is CC1=C2CN(Cc3cccnc3)C(=O)c3c(O)c(=O)c(C(=O)NCc4ccc(F)cc4F)c(n32)CO1. The molecule has 2 amide bonds. The van der Waals surface area contributed by atoms with Gasteiger partial charge < -0.3 is 24.6 Å². The number of carbonyl (C=O) groups excluding carboxylic acids is 2. The molecular weight excluding hydrogens is 474 g/mol. The average Bonchev–Trinajstić information content (AvgIpc) is 2.85. The third-order valence-electron chi connectivity index (χ3n) is 6.16. The van der Waals surface area contributed by atoms with Gasteiger partial charge in [-0.3, -0.25) is 19.4 Å². The van der Waals surface area contributed by atoms with E-state index in [-0.39, 0.29) is 43.2 Å². The number of carbonyl (C=O) groups is 2. The van der Waals surface area contributed by atoms with Crippen LogP contribution in [0, 0.1) is 11.6 Å². The summed E-state index contributed by atoms with van der Waals surface area (Å²) in [5, 5.41) is 13.2. The summed E-state index contributed by atoms with van der Waals surface area (Å²) in [7, 11) is 0. The van der Waals surface area contributed by atoms with Crippen LogP contribution in [-0.4, -0.2) is 37.9 Å². The zero-order valence-corrected chi connectivity index (χ0v) is 19.0. The van der Waals surface area contributed by atoms with E-state index < -0.39 is 40.2 Å². The summed E-state index contributed by atoms with van der Waals surface area (Å²) in [6.45, 7) is 1.45. The molecule has 0 radical (unpaired) electrons. The van der Waals surface area contributed by atoms with E-state index in [1.165, 1.54) is 15.5 Å². The average molecular weight is 494 g/mol. The van der Waals surface area contributed by atoms with Crippen LogP contribution in [0.3, 0.4) is 0 Å². The number of aromatic nitrogens is 2. The van der Waals surface area contributed by atoms with Crippen LogP contribution >= 0.6 is 0 Å². The summed E-state index contributed by atoms with van der Waals surface area (Å²) in [5.74, 6) is -3.50. The van der Waals surface area contributed by atoms with Crippen LogP contribution < -0.4 is 10.7 Å². The van der Waals surface area contributed by atoms with Crippen molar-refractivity contribution in [3.05, 3.63) is 98.4 Å². The largest absolute Gasteiger partial charge is 0.503 e. The van der Waals surface area contributed by atoms with Gasteiger partial charge in [0.2, 0.25) is 5.43 Å². The van der Waals surface area contributed by atoms with Gasteiger partial charge in [-0.1, -0.05) is 12.1 Å². The summed E-state index contributed by atoms with van der Waals surface area (Å²) in [4.78, 5) is 45.0. The fraction of sp³-hybridized carbons (Fsp3) is 0.200. The number of nitrogens with one attached hydrogen (secondary N) is 1. The first-order valence-electron chi connectivity index (χ1n) is 11.0. The van der Waals surface area contributed by atoms with Crippen LogP contribution in [0.1, 0.15) is 44.6 Å². The van der Waals surface area contributed by atoms with Gasteiger partial charge in [0.25, 0.3) is 11.8 Å². The van der Waals surface area contributed by atoms with Crippen molar-refractivity contribution in [1.82, 2.24) is 19.8 Å². The van der Waals surface area contributed by atoms with Crippen molar-refractivity contribution >= 4 is 17.5 Å². The number of ether oxygens (including phenoxy) is 1. The summed E-state index contributed by atoms with van der Waals surface area (Å²) in [5.41, 5.74) is -0.382. The molecule has 9 nitrogen and oxygen atoms in total. The monoisotopic (exact) mass is 494 g/mol. The standard InChI is InChI=1S/C25H20F2N4O5/c1-13-18-11-30(10-14-3-2-6-28-8-14)25(35)21-23(33)22(32)20(19(12-36-13)31(18)21)24(34)29-9-15-4-5-16(26)7-17(15)27/h2-8,33H,9-12H2,1H3,(H,29,34). The number of nitrogens with zero attached hydrogens (tertiary/aromatic N) is 3. The van der Waals surface area contributed by atoms with Crippen molar-refractivity contribution < 1.29 is 28.2 Å². The molecule has 3 aromatic rings. The molecule has 5 rings (SSSR count). The van der Waals surface area contributed by atoms with Crippen molar-refractivity contribution in [3.63, 3.8) is 0 Å². The molecule has 0 bridgehead atoms. The fourth-order valence-electron chi connectivity index (χ4n) is 4.35. The van der Waals surface area contributed by atoms with Crippen LogP contribution in [0.2, 0.25) is 0 Å². The smallest absolute Gasteiger partial charge is 0.275 e. The highest BCUT2D eigenvalue weighted by Crippen LogP contribution is 2.34. The van der Waals surface area contributed by atoms with E-state index >= 15 is 0 Å². The Labute approximate surface area is 203 Å². The van der Waals surface area contributed by atoms with Gasteiger partial charge >= 0.3 is 0 Å². The molecule has 4 heterocycles. The van der Waals surface area contributed by atoms with E-state index in [1.807, 2.05) is 0 Å². The van der Waals surface area contributed by atoms with E-state index in [0.29, 0.717) is 17.5 Å². The number of amides is 2. The molecule has 11 heteroatoms. The predicted octanol–water partition coefficient (Wildman–Crippen LogP) is 2.53. The zero-order valence-electron chi connectivity index (χ0n) is 19.0. The molecule has 0 unspecified atom stereocenters. The molecule has 184 valence electrons. The Morgan fingerprint density at radius 3 is 2.78 bits per heavy atom. The second-order valence-corrected chi connectivity index (χ2v) is 8.42. The van der Waals surface area contributed by atoms with Crippen molar-refractivity contribution in [1.29, 1.82) is 0 Å². The number of hydrogen-bond donors (Lipinski definition) is 2. The lowest BCUT2D eigenvalue weighted by atomic mass is 10.0.